The molecule has 0 aliphatic rings. The van der Waals surface area contributed by atoms with Gasteiger partial charge in [0, 0.05) is 20.1 Å². The van der Waals surface area contributed by atoms with Crippen LogP contribution in [0.5, 0.6) is 5.75 Å². The Morgan fingerprint density at radius 2 is 1.88 bits per heavy atom. The predicted molar refractivity (Wildman–Crippen MR) is 101 cm³/mol. The number of guanidine groups is 1. The first kappa shape index (κ1) is 19.7. The lowest BCUT2D eigenvalue weighted by molar-refractivity contribution is 0.409. The molecule has 2 aromatic rings. The van der Waals surface area contributed by atoms with Crippen molar-refractivity contribution in [1.82, 2.24) is 10.6 Å². The first-order chi connectivity index (χ1) is 12.5. The highest BCUT2D eigenvalue weighted by atomic mass is 19.2. The van der Waals surface area contributed by atoms with Crippen LogP contribution in [0.25, 0.3) is 0 Å². The zero-order valence-electron chi connectivity index (χ0n) is 15.4. The third-order valence-corrected chi connectivity index (χ3v) is 4.19. The lowest BCUT2D eigenvalue weighted by Crippen LogP contribution is -2.39. The second-order valence-electron chi connectivity index (χ2n) is 6.02. The van der Waals surface area contributed by atoms with E-state index < -0.39 is 11.6 Å². The molecule has 1 unspecified atom stereocenters. The van der Waals surface area contributed by atoms with Crippen LogP contribution in [0.4, 0.5) is 8.78 Å². The van der Waals surface area contributed by atoms with Crippen molar-refractivity contribution in [2.75, 3.05) is 27.2 Å². The summed E-state index contributed by atoms with van der Waals surface area (Å²) in [5, 5.41) is 6.45. The van der Waals surface area contributed by atoms with E-state index in [1.165, 1.54) is 6.07 Å². The Balaban J connectivity index is 1.83. The van der Waals surface area contributed by atoms with Gasteiger partial charge in [-0.3, -0.25) is 4.99 Å². The van der Waals surface area contributed by atoms with Crippen molar-refractivity contribution < 1.29 is 13.5 Å². The maximum Gasteiger partial charge on any atom is 0.191 e. The van der Waals surface area contributed by atoms with E-state index in [-0.39, 0.29) is 5.92 Å². The fourth-order valence-corrected chi connectivity index (χ4v) is 2.63. The minimum absolute atomic E-state index is 0.0119. The van der Waals surface area contributed by atoms with Crippen molar-refractivity contribution in [1.29, 1.82) is 0 Å². The first-order valence-corrected chi connectivity index (χ1v) is 8.56. The van der Waals surface area contributed by atoms with Gasteiger partial charge in [-0.05, 0) is 41.7 Å². The van der Waals surface area contributed by atoms with E-state index in [0.29, 0.717) is 19.0 Å². The summed E-state index contributed by atoms with van der Waals surface area (Å²) in [6.07, 6.45) is 0.795. The molecule has 26 heavy (non-hydrogen) atoms. The molecule has 4 nitrogen and oxygen atoms in total. The SMILES string of the molecule is CN=C(NCCc1ccccc1OC)NCC(C)c1ccc(F)c(F)c1. The van der Waals surface area contributed by atoms with Crippen molar-refractivity contribution in [2.24, 2.45) is 4.99 Å². The third-order valence-electron chi connectivity index (χ3n) is 4.19. The molecule has 2 N–H and O–H groups in total. The van der Waals surface area contributed by atoms with Gasteiger partial charge in [-0.1, -0.05) is 31.2 Å². The highest BCUT2D eigenvalue weighted by molar-refractivity contribution is 5.79. The maximum atomic E-state index is 13.4. The third kappa shape index (κ3) is 5.44. The van der Waals surface area contributed by atoms with Crippen LogP contribution in [0, 0.1) is 11.6 Å². The summed E-state index contributed by atoms with van der Waals surface area (Å²) in [6.45, 7) is 3.20. The van der Waals surface area contributed by atoms with E-state index in [0.717, 1.165) is 29.4 Å². The van der Waals surface area contributed by atoms with E-state index in [1.54, 1.807) is 20.2 Å². The lowest BCUT2D eigenvalue weighted by Gasteiger charge is -2.17. The van der Waals surface area contributed by atoms with Gasteiger partial charge in [-0.15, -0.1) is 0 Å². The highest BCUT2D eigenvalue weighted by Gasteiger charge is 2.10. The molecule has 0 spiro atoms. The van der Waals surface area contributed by atoms with Crippen LogP contribution in [0.3, 0.4) is 0 Å². The molecule has 0 amide bonds. The average molecular weight is 361 g/mol. The van der Waals surface area contributed by atoms with Crippen LogP contribution in [0.15, 0.2) is 47.5 Å². The molecule has 6 heteroatoms. The number of benzene rings is 2. The molecule has 0 radical (unpaired) electrons. The van der Waals surface area contributed by atoms with E-state index in [1.807, 2.05) is 31.2 Å². The van der Waals surface area contributed by atoms with Crippen molar-refractivity contribution in [3.05, 3.63) is 65.2 Å². The van der Waals surface area contributed by atoms with Gasteiger partial charge in [0.25, 0.3) is 0 Å². The maximum absolute atomic E-state index is 13.4. The Bertz CT molecular complexity index is 750. The van der Waals surface area contributed by atoms with Crippen LogP contribution in [0.1, 0.15) is 24.0 Å². The molecule has 0 aromatic heterocycles. The molecular weight excluding hydrogens is 336 g/mol. The van der Waals surface area contributed by atoms with Crippen LogP contribution < -0.4 is 15.4 Å². The van der Waals surface area contributed by atoms with Crippen LogP contribution in [0.2, 0.25) is 0 Å². The minimum atomic E-state index is -0.831. The number of hydrogen-bond acceptors (Lipinski definition) is 2. The number of para-hydroxylation sites is 1. The molecule has 0 saturated carbocycles. The van der Waals surface area contributed by atoms with Gasteiger partial charge in [-0.2, -0.15) is 0 Å². The zero-order valence-corrected chi connectivity index (χ0v) is 15.4. The first-order valence-electron chi connectivity index (χ1n) is 8.56. The largest absolute Gasteiger partial charge is 0.496 e. The van der Waals surface area contributed by atoms with Gasteiger partial charge >= 0.3 is 0 Å². The van der Waals surface area contributed by atoms with Crippen molar-refractivity contribution >= 4 is 5.96 Å². The number of rotatable bonds is 7. The van der Waals surface area contributed by atoms with Gasteiger partial charge in [0.05, 0.1) is 7.11 Å². The Morgan fingerprint density at radius 3 is 2.58 bits per heavy atom. The van der Waals surface area contributed by atoms with Gasteiger partial charge < -0.3 is 15.4 Å². The van der Waals surface area contributed by atoms with E-state index in [2.05, 4.69) is 15.6 Å². The van der Waals surface area contributed by atoms with Crippen LogP contribution >= 0.6 is 0 Å². The summed E-state index contributed by atoms with van der Waals surface area (Å²) in [4.78, 5) is 4.19. The molecule has 0 fully saturated rings. The van der Waals surface area contributed by atoms with Crippen molar-refractivity contribution in [3.63, 3.8) is 0 Å². The summed E-state index contributed by atoms with van der Waals surface area (Å²) in [6, 6.07) is 11.9. The lowest BCUT2D eigenvalue weighted by atomic mass is 10.0. The van der Waals surface area contributed by atoms with Gasteiger partial charge in [0.15, 0.2) is 17.6 Å². The van der Waals surface area contributed by atoms with Crippen LogP contribution in [-0.4, -0.2) is 33.2 Å². The summed E-state index contributed by atoms with van der Waals surface area (Å²) in [7, 11) is 3.35. The molecular formula is C20H25F2N3O. The zero-order chi connectivity index (χ0) is 18.9. The molecule has 2 rings (SSSR count). The molecule has 0 heterocycles. The van der Waals surface area contributed by atoms with Crippen LogP contribution in [-0.2, 0) is 6.42 Å². The normalized spacial score (nSPS) is 12.6. The molecule has 0 aliphatic heterocycles. The monoisotopic (exact) mass is 361 g/mol. The smallest absolute Gasteiger partial charge is 0.191 e. The number of nitrogens with one attached hydrogen (secondary N) is 2. The fraction of sp³-hybridized carbons (Fsp3) is 0.350. The van der Waals surface area contributed by atoms with Gasteiger partial charge in [-0.25, -0.2) is 8.78 Å². The molecule has 2 aromatic carbocycles. The fourth-order valence-electron chi connectivity index (χ4n) is 2.63. The highest BCUT2D eigenvalue weighted by Crippen LogP contribution is 2.18. The molecule has 0 bridgehead atoms. The van der Waals surface area contributed by atoms with Gasteiger partial charge in [0.1, 0.15) is 5.75 Å². The second-order valence-corrected chi connectivity index (χ2v) is 6.02. The second kappa shape index (κ2) is 9.75. The standard InChI is InChI=1S/C20H25F2N3O/c1-14(16-8-9-17(21)18(22)12-16)13-25-20(23-2)24-11-10-15-6-4-5-7-19(15)26-3/h4-9,12,14H,10-11,13H2,1-3H3,(H2,23,24,25). The number of methoxy groups -OCH3 is 1. The van der Waals surface area contributed by atoms with E-state index >= 15 is 0 Å². The molecule has 1 atom stereocenters. The number of aliphatic imine (C=N–C) groups is 1. The average Bonchev–Trinajstić information content (AvgIpc) is 2.66. The summed E-state index contributed by atoms with van der Waals surface area (Å²) >= 11 is 0. The van der Waals surface area contributed by atoms with Crippen molar-refractivity contribution in [2.45, 2.75) is 19.3 Å². The molecule has 0 saturated heterocycles. The van der Waals surface area contributed by atoms with Crippen molar-refractivity contribution in [3.8, 4) is 5.75 Å². The molecule has 140 valence electrons. The number of nitrogens with zero attached hydrogens (tertiary/aromatic N) is 1. The number of hydrogen-bond donors (Lipinski definition) is 2. The molecule has 0 aliphatic carbocycles. The Morgan fingerprint density at radius 1 is 1.12 bits per heavy atom. The summed E-state index contributed by atoms with van der Waals surface area (Å²) in [5.74, 6) is -0.118. The number of ether oxygens (including phenoxy) is 1. The van der Waals surface area contributed by atoms with E-state index in [4.69, 9.17) is 4.74 Å². The Kier molecular flexibility index (Phi) is 7.38. The predicted octanol–water partition coefficient (Wildman–Crippen LogP) is 3.48. The topological polar surface area (TPSA) is 45.7 Å². The summed E-state index contributed by atoms with van der Waals surface area (Å²) < 4.78 is 31.7. The Labute approximate surface area is 153 Å². The Hall–Kier alpha value is -2.63. The van der Waals surface area contributed by atoms with Gasteiger partial charge in [0.2, 0.25) is 0 Å². The quantitative estimate of drug-likeness (QED) is 0.586. The summed E-state index contributed by atoms with van der Waals surface area (Å²) in [5.41, 5.74) is 1.86. The van der Waals surface area contributed by atoms with E-state index in [9.17, 15) is 8.78 Å². The number of halogens is 2. The minimum Gasteiger partial charge on any atom is -0.496 e.